The normalized spacial score (nSPS) is 11.7. The van der Waals surface area contributed by atoms with Crippen LogP contribution in [0.2, 0.25) is 0 Å². The number of hydrogen-bond acceptors (Lipinski definition) is 1. The fourth-order valence-corrected chi connectivity index (χ4v) is 1.08. The van der Waals surface area contributed by atoms with Crippen LogP contribution in [-0.2, 0) is 0 Å². The van der Waals surface area contributed by atoms with E-state index in [9.17, 15) is 0 Å². The van der Waals surface area contributed by atoms with Gasteiger partial charge in [0, 0.05) is 17.8 Å². The van der Waals surface area contributed by atoms with Crippen molar-refractivity contribution < 1.29 is 0 Å². The third-order valence-corrected chi connectivity index (χ3v) is 2.03. The van der Waals surface area contributed by atoms with Gasteiger partial charge in [-0.05, 0) is 18.6 Å². The van der Waals surface area contributed by atoms with Gasteiger partial charge in [-0.15, -0.1) is 0 Å². The second-order valence-electron chi connectivity index (χ2n) is 4.05. The first-order valence-corrected chi connectivity index (χ1v) is 4.09. The van der Waals surface area contributed by atoms with Crippen LogP contribution in [0.3, 0.4) is 0 Å². The highest BCUT2D eigenvalue weighted by molar-refractivity contribution is 5.55. The van der Waals surface area contributed by atoms with E-state index in [1.807, 2.05) is 13.0 Å². The molecule has 1 rings (SSSR count). The molecule has 1 aromatic carbocycles. The number of nitrogen functional groups attached to an aromatic ring is 1. The fourth-order valence-electron chi connectivity index (χ4n) is 1.08. The van der Waals surface area contributed by atoms with E-state index in [-0.39, 0.29) is 0 Å². The molecule has 2 N–H and O–H groups in total. The second kappa shape index (κ2) is 2.79. The monoisotopic (exact) mass is 165 g/mol. The molecule has 0 spiro atoms. The first-order valence-electron chi connectivity index (χ1n) is 4.09. The number of benzene rings is 1. The summed E-state index contributed by atoms with van der Waals surface area (Å²) in [5, 5.41) is 0. The molecular weight excluding hydrogens is 148 g/mol. The lowest BCUT2D eigenvalue weighted by Crippen LogP contribution is -2.34. The number of aryl methyl sites for hydroxylation is 1. The Kier molecular flexibility index (Phi) is 2.11. The average Bonchev–Trinajstić information content (AvgIpc) is 1.92. The van der Waals surface area contributed by atoms with Gasteiger partial charge in [-0.25, -0.2) is 0 Å². The highest BCUT2D eigenvalue weighted by Crippen LogP contribution is 2.21. The van der Waals surface area contributed by atoms with Crippen molar-refractivity contribution >= 4 is 11.4 Å². The molecule has 0 radical (unpaired) electrons. The molecule has 12 heavy (non-hydrogen) atoms. The molecule has 0 aliphatic rings. The van der Waals surface area contributed by atoms with Crippen molar-refractivity contribution in [3.05, 3.63) is 23.8 Å². The molecule has 2 heteroatoms. The molecule has 1 aromatic rings. The van der Waals surface area contributed by atoms with E-state index in [4.69, 9.17) is 5.73 Å². The van der Waals surface area contributed by atoms with Gasteiger partial charge in [0.1, 0.15) is 5.69 Å². The summed E-state index contributed by atoms with van der Waals surface area (Å²) < 4.78 is 0.834. The number of quaternary nitrogens is 1. The molecule has 0 heterocycles. The minimum atomic E-state index is 0.834. The van der Waals surface area contributed by atoms with Crippen molar-refractivity contribution in [1.29, 1.82) is 0 Å². The SMILES string of the molecule is Cc1cc([N+](C)(C)C)ccc1N. The fraction of sp³-hybridized carbons (Fsp3) is 0.400. The Balaban J connectivity index is 3.14. The molecular formula is C10H17N2+. The van der Waals surface area contributed by atoms with Gasteiger partial charge in [0.25, 0.3) is 0 Å². The summed E-state index contributed by atoms with van der Waals surface area (Å²) in [5.74, 6) is 0. The molecule has 0 atom stereocenters. The van der Waals surface area contributed by atoms with Gasteiger partial charge in [0.15, 0.2) is 0 Å². The van der Waals surface area contributed by atoms with Gasteiger partial charge in [-0.3, -0.25) is 4.48 Å². The van der Waals surface area contributed by atoms with Gasteiger partial charge in [-0.2, -0.15) is 0 Å². The standard InChI is InChI=1S/C10H17N2/c1-8-7-9(12(2,3)4)5-6-10(8)11/h5-7H,11H2,1-4H3/q+1. The molecule has 0 aliphatic heterocycles. The molecule has 0 bridgehead atoms. The van der Waals surface area contributed by atoms with Crippen LogP contribution in [0.15, 0.2) is 18.2 Å². The first-order chi connectivity index (χ1) is 5.41. The Bertz CT molecular complexity index is 284. The summed E-state index contributed by atoms with van der Waals surface area (Å²) in [6.45, 7) is 2.04. The number of anilines is 1. The average molecular weight is 165 g/mol. The van der Waals surface area contributed by atoms with Crippen LogP contribution >= 0.6 is 0 Å². The maximum Gasteiger partial charge on any atom is 0.132 e. The van der Waals surface area contributed by atoms with E-state index >= 15 is 0 Å². The van der Waals surface area contributed by atoms with Crippen molar-refractivity contribution in [3.63, 3.8) is 0 Å². The number of hydrogen-bond donors (Lipinski definition) is 1. The lowest BCUT2D eigenvalue weighted by atomic mass is 10.1. The summed E-state index contributed by atoms with van der Waals surface area (Å²) in [6, 6.07) is 6.17. The quantitative estimate of drug-likeness (QED) is 0.498. The second-order valence-corrected chi connectivity index (χ2v) is 4.05. The largest absolute Gasteiger partial charge is 0.399 e. The number of nitrogens with two attached hydrogens (primary N) is 1. The smallest absolute Gasteiger partial charge is 0.132 e. The lowest BCUT2D eigenvalue weighted by Gasteiger charge is -2.23. The zero-order valence-corrected chi connectivity index (χ0v) is 8.26. The van der Waals surface area contributed by atoms with Crippen molar-refractivity contribution in [1.82, 2.24) is 4.48 Å². The van der Waals surface area contributed by atoms with Crippen LogP contribution in [0.1, 0.15) is 5.56 Å². The highest BCUT2D eigenvalue weighted by Gasteiger charge is 2.11. The predicted molar refractivity (Wildman–Crippen MR) is 55.2 cm³/mol. The molecule has 0 fully saturated rings. The molecule has 2 nitrogen and oxygen atoms in total. The van der Waals surface area contributed by atoms with Crippen LogP contribution in [0.4, 0.5) is 11.4 Å². The van der Waals surface area contributed by atoms with Gasteiger partial charge in [-0.1, -0.05) is 0 Å². The molecule has 0 amide bonds. The van der Waals surface area contributed by atoms with E-state index < -0.39 is 0 Å². The summed E-state index contributed by atoms with van der Waals surface area (Å²) in [7, 11) is 6.43. The molecule has 0 saturated heterocycles. The summed E-state index contributed by atoms with van der Waals surface area (Å²) in [6.07, 6.45) is 0. The summed E-state index contributed by atoms with van der Waals surface area (Å²) >= 11 is 0. The molecule has 0 saturated carbocycles. The highest BCUT2D eigenvalue weighted by atomic mass is 15.3. The van der Waals surface area contributed by atoms with Crippen molar-refractivity contribution in [3.8, 4) is 0 Å². The Morgan fingerprint density at radius 3 is 2.17 bits per heavy atom. The maximum atomic E-state index is 5.73. The van der Waals surface area contributed by atoms with E-state index in [2.05, 4.69) is 33.3 Å². The summed E-state index contributed by atoms with van der Waals surface area (Å²) in [5.41, 5.74) is 9.03. The predicted octanol–water partition coefficient (Wildman–Crippen LogP) is 1.77. The van der Waals surface area contributed by atoms with Gasteiger partial charge >= 0.3 is 0 Å². The van der Waals surface area contributed by atoms with Gasteiger partial charge in [0.05, 0.1) is 21.1 Å². The molecule has 0 aliphatic carbocycles. The maximum absolute atomic E-state index is 5.73. The number of rotatable bonds is 1. The van der Waals surface area contributed by atoms with Crippen molar-refractivity contribution in [2.45, 2.75) is 6.92 Å². The number of nitrogens with zero attached hydrogens (tertiary/aromatic N) is 1. The Morgan fingerprint density at radius 2 is 1.75 bits per heavy atom. The third-order valence-electron chi connectivity index (χ3n) is 2.03. The van der Waals surface area contributed by atoms with Crippen LogP contribution in [0, 0.1) is 6.92 Å². The molecule has 66 valence electrons. The molecule has 0 aromatic heterocycles. The third kappa shape index (κ3) is 1.77. The van der Waals surface area contributed by atoms with E-state index in [1.165, 1.54) is 5.69 Å². The van der Waals surface area contributed by atoms with Gasteiger partial charge in [0.2, 0.25) is 0 Å². The van der Waals surface area contributed by atoms with E-state index in [1.54, 1.807) is 0 Å². The Hall–Kier alpha value is -1.02. The first kappa shape index (κ1) is 9.07. The zero-order valence-electron chi connectivity index (χ0n) is 8.26. The zero-order chi connectivity index (χ0) is 9.35. The minimum absolute atomic E-state index is 0.834. The lowest BCUT2D eigenvalue weighted by molar-refractivity contribution is 0.486. The van der Waals surface area contributed by atoms with Crippen LogP contribution in [0.25, 0.3) is 0 Å². The van der Waals surface area contributed by atoms with Crippen molar-refractivity contribution in [2.24, 2.45) is 0 Å². The minimum Gasteiger partial charge on any atom is -0.399 e. The van der Waals surface area contributed by atoms with Crippen LogP contribution < -0.4 is 10.2 Å². The van der Waals surface area contributed by atoms with Gasteiger partial charge < -0.3 is 5.73 Å². The van der Waals surface area contributed by atoms with Crippen LogP contribution in [-0.4, -0.2) is 21.1 Å². The van der Waals surface area contributed by atoms with Crippen molar-refractivity contribution in [2.75, 3.05) is 26.9 Å². The van der Waals surface area contributed by atoms with Crippen LogP contribution in [0.5, 0.6) is 0 Å². The summed E-state index contributed by atoms with van der Waals surface area (Å²) in [4.78, 5) is 0. The Labute approximate surface area is 74.2 Å². The molecule has 0 unspecified atom stereocenters. The van der Waals surface area contributed by atoms with E-state index in [0.29, 0.717) is 0 Å². The Morgan fingerprint density at radius 1 is 1.17 bits per heavy atom. The topological polar surface area (TPSA) is 26.0 Å². The van der Waals surface area contributed by atoms with E-state index in [0.717, 1.165) is 15.7 Å².